The highest BCUT2D eigenvalue weighted by Gasteiger charge is 2.13. The molecule has 0 aliphatic heterocycles. The zero-order valence-corrected chi connectivity index (χ0v) is 12.0. The number of hydrogen-bond acceptors (Lipinski definition) is 2. The summed E-state index contributed by atoms with van der Waals surface area (Å²) in [6.07, 6.45) is 4.84. The Morgan fingerprint density at radius 2 is 2.05 bits per heavy atom. The summed E-state index contributed by atoms with van der Waals surface area (Å²) in [6.45, 7) is 7.40. The van der Waals surface area contributed by atoms with Crippen molar-refractivity contribution < 1.29 is 0 Å². The second-order valence-corrected chi connectivity index (χ2v) is 5.04. The maximum absolute atomic E-state index is 4.27. The molecule has 0 saturated heterocycles. The number of benzene rings is 1. The van der Waals surface area contributed by atoms with E-state index in [2.05, 4.69) is 61.4 Å². The molecule has 1 N–H and O–H groups in total. The lowest BCUT2D eigenvalue weighted by molar-refractivity contribution is 0.545. The zero-order valence-electron chi connectivity index (χ0n) is 12.0. The maximum atomic E-state index is 4.27. The lowest BCUT2D eigenvalue weighted by Gasteiger charge is -2.20. The van der Waals surface area contributed by atoms with Crippen LogP contribution in [0.15, 0.2) is 42.7 Å². The van der Waals surface area contributed by atoms with Crippen LogP contribution in [0.2, 0.25) is 0 Å². The Balaban J connectivity index is 2.24. The number of aromatic nitrogens is 1. The number of nitrogens with zero attached hydrogens (tertiary/aromatic N) is 1. The number of nitrogens with one attached hydrogen (secondary N) is 1. The molecule has 100 valence electrons. The summed E-state index contributed by atoms with van der Waals surface area (Å²) in [7, 11) is 0. The molecule has 1 heterocycles. The third-order valence-corrected chi connectivity index (χ3v) is 3.43. The van der Waals surface area contributed by atoms with Crippen LogP contribution in [-0.4, -0.2) is 11.5 Å². The normalized spacial score (nSPS) is 12.4. The summed E-state index contributed by atoms with van der Waals surface area (Å²) in [6, 6.07) is 11.1. The molecule has 19 heavy (non-hydrogen) atoms. The predicted molar refractivity (Wildman–Crippen MR) is 80.3 cm³/mol. The van der Waals surface area contributed by atoms with Gasteiger partial charge in [0.05, 0.1) is 0 Å². The van der Waals surface area contributed by atoms with Crippen LogP contribution in [0.3, 0.4) is 0 Å². The van der Waals surface area contributed by atoms with Gasteiger partial charge in [-0.05, 0) is 49.6 Å². The van der Waals surface area contributed by atoms with E-state index in [0.717, 1.165) is 13.0 Å². The first-order chi connectivity index (χ1) is 9.20. The van der Waals surface area contributed by atoms with Crippen molar-refractivity contribution in [2.75, 3.05) is 6.54 Å². The van der Waals surface area contributed by atoms with Gasteiger partial charge in [0.1, 0.15) is 0 Å². The van der Waals surface area contributed by atoms with Crippen LogP contribution in [0, 0.1) is 13.8 Å². The van der Waals surface area contributed by atoms with E-state index in [-0.39, 0.29) is 0 Å². The minimum atomic E-state index is 0.334. The quantitative estimate of drug-likeness (QED) is 0.882. The Bertz CT molecular complexity index is 534. The summed E-state index contributed by atoms with van der Waals surface area (Å²) in [5, 5.41) is 3.57. The molecule has 0 saturated carbocycles. The maximum Gasteiger partial charge on any atom is 0.0378 e. The highest BCUT2D eigenvalue weighted by atomic mass is 14.9. The number of likely N-dealkylation sites (N-methyl/N-ethyl adjacent to an activating group) is 1. The Kier molecular flexibility index (Phi) is 4.69. The van der Waals surface area contributed by atoms with E-state index < -0.39 is 0 Å². The van der Waals surface area contributed by atoms with E-state index in [1.807, 2.05) is 12.4 Å². The van der Waals surface area contributed by atoms with Crippen molar-refractivity contribution in [3.05, 3.63) is 65.0 Å². The molecule has 2 nitrogen and oxygen atoms in total. The van der Waals surface area contributed by atoms with Gasteiger partial charge < -0.3 is 5.32 Å². The Morgan fingerprint density at radius 3 is 2.74 bits per heavy atom. The number of rotatable bonds is 5. The van der Waals surface area contributed by atoms with E-state index in [4.69, 9.17) is 0 Å². The average Bonchev–Trinajstić information content (AvgIpc) is 2.39. The predicted octanol–water partition coefficient (Wildman–Crippen LogP) is 3.59. The minimum absolute atomic E-state index is 0.334. The lowest BCUT2D eigenvalue weighted by Crippen LogP contribution is -2.23. The molecule has 2 rings (SSSR count). The van der Waals surface area contributed by atoms with Gasteiger partial charge in [-0.1, -0.05) is 36.8 Å². The largest absolute Gasteiger partial charge is 0.310 e. The van der Waals surface area contributed by atoms with Gasteiger partial charge in [-0.3, -0.25) is 4.98 Å². The molecule has 1 unspecified atom stereocenters. The van der Waals surface area contributed by atoms with Crippen LogP contribution in [0.25, 0.3) is 0 Å². The molecule has 2 heteroatoms. The van der Waals surface area contributed by atoms with Crippen molar-refractivity contribution in [2.45, 2.75) is 33.2 Å². The van der Waals surface area contributed by atoms with Crippen molar-refractivity contribution in [3.8, 4) is 0 Å². The van der Waals surface area contributed by atoms with Crippen molar-refractivity contribution >= 4 is 0 Å². The van der Waals surface area contributed by atoms with Crippen LogP contribution in [0.1, 0.15) is 35.2 Å². The Hall–Kier alpha value is -1.67. The third-order valence-electron chi connectivity index (χ3n) is 3.43. The lowest BCUT2D eigenvalue weighted by atomic mass is 9.96. The van der Waals surface area contributed by atoms with Gasteiger partial charge in [-0.25, -0.2) is 0 Å². The molecule has 0 amide bonds. The number of pyridine rings is 1. The van der Waals surface area contributed by atoms with Gasteiger partial charge in [0.25, 0.3) is 0 Å². The van der Waals surface area contributed by atoms with Gasteiger partial charge >= 0.3 is 0 Å². The zero-order chi connectivity index (χ0) is 13.7. The fourth-order valence-electron chi connectivity index (χ4n) is 2.45. The Morgan fingerprint density at radius 1 is 1.21 bits per heavy atom. The summed E-state index contributed by atoms with van der Waals surface area (Å²) in [4.78, 5) is 4.27. The first-order valence-corrected chi connectivity index (χ1v) is 6.90. The third kappa shape index (κ3) is 3.65. The van der Waals surface area contributed by atoms with Crippen LogP contribution < -0.4 is 5.32 Å². The summed E-state index contributed by atoms with van der Waals surface area (Å²) in [5.74, 6) is 0. The van der Waals surface area contributed by atoms with Gasteiger partial charge in [-0.2, -0.15) is 0 Å². The van der Waals surface area contributed by atoms with Crippen molar-refractivity contribution in [1.29, 1.82) is 0 Å². The molecule has 0 aliphatic carbocycles. The van der Waals surface area contributed by atoms with E-state index in [0.29, 0.717) is 6.04 Å². The second-order valence-electron chi connectivity index (χ2n) is 5.04. The molecule has 0 spiro atoms. The van der Waals surface area contributed by atoms with Crippen LogP contribution in [0.5, 0.6) is 0 Å². The number of hydrogen-bond donors (Lipinski definition) is 1. The molecule has 1 aromatic heterocycles. The van der Waals surface area contributed by atoms with Crippen LogP contribution in [0.4, 0.5) is 0 Å². The van der Waals surface area contributed by atoms with Gasteiger partial charge in [0, 0.05) is 18.4 Å². The molecular formula is C17H22N2. The molecule has 0 radical (unpaired) electrons. The van der Waals surface area contributed by atoms with E-state index in [1.165, 1.54) is 22.3 Å². The molecular weight excluding hydrogens is 232 g/mol. The number of aryl methyl sites for hydroxylation is 2. The summed E-state index contributed by atoms with van der Waals surface area (Å²) in [5.41, 5.74) is 5.28. The van der Waals surface area contributed by atoms with Gasteiger partial charge in [0.15, 0.2) is 0 Å². The van der Waals surface area contributed by atoms with Gasteiger partial charge in [0.2, 0.25) is 0 Å². The molecule has 1 atom stereocenters. The fourth-order valence-corrected chi connectivity index (χ4v) is 2.45. The first-order valence-electron chi connectivity index (χ1n) is 6.90. The monoisotopic (exact) mass is 254 g/mol. The standard InChI is InChI=1S/C17H22N2/c1-4-19-17(16-12-18-9-8-14(16)3)11-15-7-5-6-13(2)10-15/h5-10,12,17,19H,4,11H2,1-3H3. The van der Waals surface area contributed by atoms with Crippen LogP contribution >= 0.6 is 0 Å². The topological polar surface area (TPSA) is 24.9 Å². The molecule has 0 aliphatic rings. The highest BCUT2D eigenvalue weighted by molar-refractivity contribution is 5.29. The van der Waals surface area contributed by atoms with Crippen molar-refractivity contribution in [3.63, 3.8) is 0 Å². The average molecular weight is 254 g/mol. The molecule has 0 bridgehead atoms. The minimum Gasteiger partial charge on any atom is -0.310 e. The van der Waals surface area contributed by atoms with E-state index in [9.17, 15) is 0 Å². The molecule has 0 fully saturated rings. The van der Waals surface area contributed by atoms with Gasteiger partial charge in [-0.15, -0.1) is 0 Å². The molecule has 2 aromatic rings. The Labute approximate surface area is 115 Å². The first kappa shape index (κ1) is 13.8. The van der Waals surface area contributed by atoms with Crippen LogP contribution in [-0.2, 0) is 6.42 Å². The highest BCUT2D eigenvalue weighted by Crippen LogP contribution is 2.21. The fraction of sp³-hybridized carbons (Fsp3) is 0.353. The van der Waals surface area contributed by atoms with Crippen molar-refractivity contribution in [2.24, 2.45) is 0 Å². The second kappa shape index (κ2) is 6.48. The molecule has 1 aromatic carbocycles. The SMILES string of the molecule is CCNC(Cc1cccc(C)c1)c1cnccc1C. The smallest absolute Gasteiger partial charge is 0.0378 e. The van der Waals surface area contributed by atoms with E-state index >= 15 is 0 Å². The van der Waals surface area contributed by atoms with Crippen molar-refractivity contribution in [1.82, 2.24) is 10.3 Å². The van der Waals surface area contributed by atoms with E-state index in [1.54, 1.807) is 0 Å². The summed E-state index contributed by atoms with van der Waals surface area (Å²) < 4.78 is 0. The summed E-state index contributed by atoms with van der Waals surface area (Å²) >= 11 is 0.